The second kappa shape index (κ2) is 5.51. The fraction of sp³-hybridized carbons (Fsp3) is 0.308. The molecule has 2 rings (SSSR count). The van der Waals surface area contributed by atoms with E-state index in [-0.39, 0.29) is 12.3 Å². The number of rotatable bonds is 5. The molecule has 0 unspecified atom stereocenters. The van der Waals surface area contributed by atoms with Gasteiger partial charge in [0.1, 0.15) is 29.5 Å². The van der Waals surface area contributed by atoms with Crippen molar-refractivity contribution in [2.45, 2.75) is 13.8 Å². The maximum Gasteiger partial charge on any atom is 0.200 e. The van der Waals surface area contributed by atoms with Crippen LogP contribution in [0.15, 0.2) is 28.9 Å². The van der Waals surface area contributed by atoms with E-state index in [1.54, 1.807) is 6.07 Å². The summed E-state index contributed by atoms with van der Waals surface area (Å²) in [4.78, 5) is 21.0. The van der Waals surface area contributed by atoms with Gasteiger partial charge in [-0.05, 0) is 19.9 Å². The van der Waals surface area contributed by atoms with Crippen LogP contribution in [0.25, 0.3) is 0 Å². The van der Waals surface area contributed by atoms with Crippen molar-refractivity contribution in [2.24, 2.45) is 0 Å². The summed E-state index contributed by atoms with van der Waals surface area (Å²) in [6, 6.07) is 5.53. The first-order valence-corrected chi connectivity index (χ1v) is 5.92. The van der Waals surface area contributed by atoms with Gasteiger partial charge in [0, 0.05) is 19.2 Å². The zero-order chi connectivity index (χ0) is 13.8. The van der Waals surface area contributed by atoms with Crippen molar-refractivity contribution >= 4 is 23.3 Å². The molecule has 0 bridgehead atoms. The van der Waals surface area contributed by atoms with Crippen molar-refractivity contribution in [2.75, 3.05) is 23.8 Å². The van der Waals surface area contributed by atoms with Crippen LogP contribution in [-0.4, -0.2) is 29.3 Å². The summed E-state index contributed by atoms with van der Waals surface area (Å²) in [6.45, 7) is 3.66. The van der Waals surface area contributed by atoms with Crippen LogP contribution in [0.5, 0.6) is 0 Å². The predicted molar refractivity (Wildman–Crippen MR) is 72.7 cm³/mol. The summed E-state index contributed by atoms with van der Waals surface area (Å²) in [5.41, 5.74) is 0. The number of nitrogens with one attached hydrogen (secondary N) is 1. The Balaban J connectivity index is 2.16. The zero-order valence-corrected chi connectivity index (χ0v) is 11.2. The normalized spacial score (nSPS) is 10.3. The van der Waals surface area contributed by atoms with Crippen molar-refractivity contribution in [1.82, 2.24) is 9.97 Å². The van der Waals surface area contributed by atoms with E-state index in [9.17, 15) is 4.79 Å². The van der Waals surface area contributed by atoms with Crippen LogP contribution < -0.4 is 10.2 Å². The van der Waals surface area contributed by atoms with Crippen molar-refractivity contribution < 1.29 is 9.21 Å². The van der Waals surface area contributed by atoms with Gasteiger partial charge in [-0.1, -0.05) is 0 Å². The highest BCUT2D eigenvalue weighted by molar-refractivity contribution is 5.80. The number of carbonyl (C=O) groups excluding carboxylic acids is 1. The van der Waals surface area contributed by atoms with Crippen LogP contribution in [0.2, 0.25) is 0 Å². The molecule has 0 atom stereocenters. The van der Waals surface area contributed by atoms with E-state index >= 15 is 0 Å². The number of hydrogen-bond acceptors (Lipinski definition) is 6. The van der Waals surface area contributed by atoms with Crippen molar-refractivity contribution in [3.05, 3.63) is 30.3 Å². The van der Waals surface area contributed by atoms with Crippen LogP contribution in [0.3, 0.4) is 0 Å². The molecular formula is C13H16N4O2. The van der Waals surface area contributed by atoms with Crippen LogP contribution in [0.4, 0.5) is 17.5 Å². The van der Waals surface area contributed by atoms with E-state index in [0.29, 0.717) is 17.5 Å². The minimum atomic E-state index is 0.0511. The Hall–Kier alpha value is -2.37. The Kier molecular flexibility index (Phi) is 3.79. The number of Topliss-reactive ketones (excluding diaryl/α,β-unsaturated/α-hetero) is 1. The lowest BCUT2D eigenvalue weighted by Gasteiger charge is -2.15. The fourth-order valence-corrected chi connectivity index (χ4v) is 1.56. The van der Waals surface area contributed by atoms with Gasteiger partial charge in [0.25, 0.3) is 0 Å². The second-order valence-electron chi connectivity index (χ2n) is 4.26. The number of nitrogens with zero attached hydrogens (tertiary/aromatic N) is 3. The lowest BCUT2D eigenvalue weighted by Crippen LogP contribution is -2.14. The first kappa shape index (κ1) is 13.1. The average Bonchev–Trinajstić information content (AvgIpc) is 2.82. The van der Waals surface area contributed by atoms with Crippen molar-refractivity contribution in [3.63, 3.8) is 0 Å². The van der Waals surface area contributed by atoms with E-state index in [4.69, 9.17) is 4.42 Å². The Morgan fingerprint density at radius 2 is 2.21 bits per heavy atom. The standard InChI is InChI=1S/C13H16N4O2/c1-9(18)7-14-11-6-12(16-8-15-11)17(3)13-5-4-10(2)19-13/h4-6,8H,7H2,1-3H3,(H,14,15,16). The summed E-state index contributed by atoms with van der Waals surface area (Å²) in [6.07, 6.45) is 1.45. The molecule has 6 nitrogen and oxygen atoms in total. The molecule has 100 valence electrons. The molecule has 0 aromatic carbocycles. The summed E-state index contributed by atoms with van der Waals surface area (Å²) in [5.74, 6) is 2.89. The third-order valence-electron chi connectivity index (χ3n) is 2.57. The summed E-state index contributed by atoms with van der Waals surface area (Å²) in [5, 5.41) is 2.94. The average molecular weight is 260 g/mol. The van der Waals surface area contributed by atoms with Crippen molar-refractivity contribution in [3.8, 4) is 0 Å². The zero-order valence-electron chi connectivity index (χ0n) is 11.2. The van der Waals surface area contributed by atoms with Gasteiger partial charge in [-0.15, -0.1) is 0 Å². The van der Waals surface area contributed by atoms with Gasteiger partial charge in [-0.2, -0.15) is 0 Å². The van der Waals surface area contributed by atoms with Gasteiger partial charge in [-0.3, -0.25) is 9.69 Å². The minimum absolute atomic E-state index is 0.0511. The number of furan rings is 1. The second-order valence-corrected chi connectivity index (χ2v) is 4.26. The monoisotopic (exact) mass is 260 g/mol. The summed E-state index contributed by atoms with van der Waals surface area (Å²) < 4.78 is 5.53. The third-order valence-corrected chi connectivity index (χ3v) is 2.57. The quantitative estimate of drug-likeness (QED) is 0.888. The maximum absolute atomic E-state index is 10.9. The lowest BCUT2D eigenvalue weighted by atomic mass is 10.4. The largest absolute Gasteiger partial charge is 0.445 e. The van der Waals surface area contributed by atoms with E-state index in [1.165, 1.54) is 13.3 Å². The molecule has 0 aliphatic carbocycles. The summed E-state index contributed by atoms with van der Waals surface area (Å²) >= 11 is 0. The molecule has 0 fully saturated rings. The highest BCUT2D eigenvalue weighted by Gasteiger charge is 2.10. The molecule has 19 heavy (non-hydrogen) atoms. The highest BCUT2D eigenvalue weighted by Crippen LogP contribution is 2.24. The Bertz CT molecular complexity index is 580. The molecule has 0 saturated carbocycles. The molecule has 0 radical (unpaired) electrons. The van der Waals surface area contributed by atoms with Crippen LogP contribution in [0.1, 0.15) is 12.7 Å². The van der Waals surface area contributed by atoms with Crippen molar-refractivity contribution in [1.29, 1.82) is 0 Å². The van der Waals surface area contributed by atoms with Gasteiger partial charge in [-0.25, -0.2) is 9.97 Å². The number of hydrogen-bond donors (Lipinski definition) is 1. The molecule has 0 aliphatic rings. The molecule has 2 heterocycles. The first-order chi connectivity index (χ1) is 9.06. The van der Waals surface area contributed by atoms with Gasteiger partial charge in [0.15, 0.2) is 0 Å². The molecule has 6 heteroatoms. The highest BCUT2D eigenvalue weighted by atomic mass is 16.4. The fourth-order valence-electron chi connectivity index (χ4n) is 1.56. The van der Waals surface area contributed by atoms with Gasteiger partial charge >= 0.3 is 0 Å². The Morgan fingerprint density at radius 3 is 2.84 bits per heavy atom. The van der Waals surface area contributed by atoms with Gasteiger partial charge in [0.2, 0.25) is 5.88 Å². The molecule has 0 saturated heterocycles. The molecule has 1 N–H and O–H groups in total. The van der Waals surface area contributed by atoms with Gasteiger partial charge < -0.3 is 9.73 Å². The van der Waals surface area contributed by atoms with Crippen LogP contribution >= 0.6 is 0 Å². The first-order valence-electron chi connectivity index (χ1n) is 5.92. The molecular weight excluding hydrogens is 244 g/mol. The number of aryl methyl sites for hydroxylation is 1. The molecule has 0 aliphatic heterocycles. The van der Waals surface area contributed by atoms with E-state index < -0.39 is 0 Å². The lowest BCUT2D eigenvalue weighted by molar-refractivity contribution is -0.115. The Labute approximate surface area is 111 Å². The Morgan fingerprint density at radius 1 is 1.42 bits per heavy atom. The van der Waals surface area contributed by atoms with Crippen LogP contribution in [-0.2, 0) is 4.79 Å². The molecule has 2 aromatic heterocycles. The number of carbonyl (C=O) groups is 1. The summed E-state index contributed by atoms with van der Waals surface area (Å²) in [7, 11) is 1.86. The van der Waals surface area contributed by atoms with E-state index in [2.05, 4.69) is 15.3 Å². The third kappa shape index (κ3) is 3.31. The number of anilines is 3. The van der Waals surface area contributed by atoms with E-state index in [1.807, 2.05) is 31.0 Å². The van der Waals surface area contributed by atoms with E-state index in [0.717, 1.165) is 5.76 Å². The molecule has 0 spiro atoms. The molecule has 2 aromatic rings. The number of aromatic nitrogens is 2. The predicted octanol–water partition coefficient (Wildman–Crippen LogP) is 2.15. The smallest absolute Gasteiger partial charge is 0.200 e. The van der Waals surface area contributed by atoms with Gasteiger partial charge in [0.05, 0.1) is 6.54 Å². The van der Waals surface area contributed by atoms with Crippen LogP contribution in [0, 0.1) is 6.92 Å². The molecule has 0 amide bonds. The topological polar surface area (TPSA) is 71.3 Å². The minimum Gasteiger partial charge on any atom is -0.445 e. The SMILES string of the molecule is CC(=O)CNc1cc(N(C)c2ccc(C)o2)ncn1. The maximum atomic E-state index is 10.9. The number of ketones is 1.